The van der Waals surface area contributed by atoms with Crippen molar-refractivity contribution in [1.29, 1.82) is 0 Å². The van der Waals surface area contributed by atoms with Gasteiger partial charge in [0.15, 0.2) is 6.10 Å². The van der Waals surface area contributed by atoms with Gasteiger partial charge in [-0.05, 0) is 22.3 Å². The third-order valence-electron chi connectivity index (χ3n) is 7.39. The van der Waals surface area contributed by atoms with Gasteiger partial charge in [0.1, 0.15) is 0 Å². The first kappa shape index (κ1) is 21.0. The van der Waals surface area contributed by atoms with E-state index in [9.17, 15) is 22.8 Å². The molecule has 0 amide bonds. The fourth-order valence-corrected chi connectivity index (χ4v) is 6.50. The predicted octanol–water partition coefficient (Wildman–Crippen LogP) is 3.86. The molecule has 0 N–H and O–H groups in total. The molecule has 1 fully saturated rings. The van der Waals surface area contributed by atoms with E-state index < -0.39 is 53.2 Å². The normalized spacial score (nSPS) is 33.1. The highest BCUT2D eigenvalue weighted by molar-refractivity contribution is 5.84. The van der Waals surface area contributed by atoms with Crippen LogP contribution in [0.1, 0.15) is 36.1 Å². The van der Waals surface area contributed by atoms with Crippen molar-refractivity contribution in [2.24, 2.45) is 11.8 Å². The van der Waals surface area contributed by atoms with Gasteiger partial charge in [0.25, 0.3) is 6.29 Å². The van der Waals surface area contributed by atoms with Gasteiger partial charge in [0.2, 0.25) is 0 Å². The Labute approximate surface area is 182 Å². The Balaban J connectivity index is 1.94. The molecule has 2 aromatic rings. The van der Waals surface area contributed by atoms with Gasteiger partial charge in [0.05, 0.1) is 17.3 Å². The molecule has 4 aliphatic rings. The van der Waals surface area contributed by atoms with Gasteiger partial charge in [-0.15, -0.1) is 0 Å². The van der Waals surface area contributed by atoms with Crippen LogP contribution >= 0.6 is 0 Å². The molecule has 2 bridgehead atoms. The molecular weight excluding hydrogens is 425 g/mol. The molecule has 8 heteroatoms. The number of carbonyl (C=O) groups is 2. The molecule has 1 heterocycles. The maximum absolute atomic E-state index is 14.6. The minimum absolute atomic E-state index is 0.382. The first-order valence-corrected chi connectivity index (χ1v) is 10.3. The van der Waals surface area contributed by atoms with E-state index >= 15 is 0 Å². The predicted molar refractivity (Wildman–Crippen MR) is 106 cm³/mol. The summed E-state index contributed by atoms with van der Waals surface area (Å²) in [6.45, 7) is 3.05. The average Bonchev–Trinajstić information content (AvgIpc) is 3.06. The van der Waals surface area contributed by atoms with Crippen LogP contribution in [-0.4, -0.2) is 37.6 Å². The molecular formula is C24H21F3O5. The van der Waals surface area contributed by atoms with Crippen LogP contribution in [0.2, 0.25) is 0 Å². The topological polar surface area (TPSA) is 61.8 Å². The summed E-state index contributed by atoms with van der Waals surface area (Å²) in [5, 5.41) is 0. The molecule has 0 spiro atoms. The number of benzene rings is 2. The fourth-order valence-electron chi connectivity index (χ4n) is 6.50. The Hall–Kier alpha value is -2.87. The van der Waals surface area contributed by atoms with Crippen molar-refractivity contribution < 1.29 is 37.0 Å². The summed E-state index contributed by atoms with van der Waals surface area (Å²) < 4.78 is 59.6. The lowest BCUT2D eigenvalue weighted by atomic mass is 9.40. The number of hydrogen-bond acceptors (Lipinski definition) is 5. The summed E-state index contributed by atoms with van der Waals surface area (Å²) in [7, 11) is 0.999. The molecule has 4 atom stereocenters. The van der Waals surface area contributed by atoms with Crippen LogP contribution in [0.25, 0.3) is 0 Å². The maximum atomic E-state index is 14.6. The molecule has 5 nitrogen and oxygen atoms in total. The minimum atomic E-state index is -4.79. The van der Waals surface area contributed by atoms with Gasteiger partial charge >= 0.3 is 18.1 Å². The van der Waals surface area contributed by atoms with E-state index in [0.29, 0.717) is 22.3 Å². The summed E-state index contributed by atoms with van der Waals surface area (Å²) in [5.74, 6) is -3.62. The highest BCUT2D eigenvalue weighted by Crippen LogP contribution is 2.69. The lowest BCUT2D eigenvalue weighted by molar-refractivity contribution is -0.240. The second-order valence-corrected chi connectivity index (χ2v) is 8.74. The number of hydrogen-bond donors (Lipinski definition) is 0. The Morgan fingerprint density at radius 2 is 1.53 bits per heavy atom. The maximum Gasteiger partial charge on any atom is 0.415 e. The molecule has 6 rings (SSSR count). The zero-order valence-electron chi connectivity index (χ0n) is 17.6. The Kier molecular flexibility index (Phi) is 4.31. The lowest BCUT2D eigenvalue weighted by Crippen LogP contribution is -2.67. The first-order valence-electron chi connectivity index (χ1n) is 10.3. The summed E-state index contributed by atoms with van der Waals surface area (Å²) in [5.41, 5.74) is -0.771. The van der Waals surface area contributed by atoms with Crippen molar-refractivity contribution in [3.8, 4) is 0 Å². The van der Waals surface area contributed by atoms with Crippen LogP contribution in [0.4, 0.5) is 13.2 Å². The standard InChI is InChI=1S/C24H21F3O5/c1-12(28)31-20-18-17(19(29)32-20)23(21(30-3)24(25,26)27)15-10-6-4-8-13(15)22(18,2)14-9-5-7-11-16(14)23/h4-11,17-18,20-21H,1-3H3/t17-,18+,20+,21-,22?,23?/m1/s1. The van der Waals surface area contributed by atoms with Crippen LogP contribution in [0.3, 0.4) is 0 Å². The van der Waals surface area contributed by atoms with E-state index in [4.69, 9.17) is 14.2 Å². The molecule has 0 radical (unpaired) electrons. The molecule has 3 aliphatic carbocycles. The van der Waals surface area contributed by atoms with Gasteiger partial charge in [-0.25, -0.2) is 0 Å². The highest BCUT2D eigenvalue weighted by atomic mass is 19.4. The van der Waals surface area contributed by atoms with Crippen LogP contribution in [0.5, 0.6) is 0 Å². The monoisotopic (exact) mass is 446 g/mol. The number of halogens is 3. The van der Waals surface area contributed by atoms with Gasteiger partial charge in [-0.3, -0.25) is 9.59 Å². The summed E-state index contributed by atoms with van der Waals surface area (Å²) in [6.07, 6.45) is -8.41. The minimum Gasteiger partial charge on any atom is -0.425 e. The van der Waals surface area contributed by atoms with Gasteiger partial charge in [0, 0.05) is 19.4 Å². The molecule has 1 saturated heterocycles. The van der Waals surface area contributed by atoms with Crippen LogP contribution in [-0.2, 0) is 34.6 Å². The Morgan fingerprint density at radius 1 is 1.03 bits per heavy atom. The Morgan fingerprint density at radius 3 is 1.97 bits per heavy atom. The van der Waals surface area contributed by atoms with Crippen molar-refractivity contribution in [2.45, 2.75) is 43.2 Å². The van der Waals surface area contributed by atoms with Gasteiger partial charge < -0.3 is 14.2 Å². The van der Waals surface area contributed by atoms with Crippen LogP contribution in [0.15, 0.2) is 48.5 Å². The number of esters is 2. The van der Waals surface area contributed by atoms with Crippen molar-refractivity contribution >= 4 is 11.9 Å². The molecule has 1 aliphatic heterocycles. The third-order valence-corrected chi connectivity index (χ3v) is 7.39. The number of alkyl halides is 3. The summed E-state index contributed by atoms with van der Waals surface area (Å²) in [4.78, 5) is 25.1. The average molecular weight is 446 g/mol. The fraction of sp³-hybridized carbons (Fsp3) is 0.417. The lowest BCUT2D eigenvalue weighted by Gasteiger charge is -2.61. The van der Waals surface area contributed by atoms with Gasteiger partial charge in [-0.1, -0.05) is 55.5 Å². The Bertz CT molecular complexity index is 1080. The molecule has 0 aromatic heterocycles. The summed E-state index contributed by atoms with van der Waals surface area (Å²) >= 11 is 0. The molecule has 0 unspecified atom stereocenters. The van der Waals surface area contributed by atoms with E-state index in [1.165, 1.54) is 6.92 Å². The zero-order valence-corrected chi connectivity index (χ0v) is 17.6. The van der Waals surface area contributed by atoms with Gasteiger partial charge in [-0.2, -0.15) is 13.2 Å². The smallest absolute Gasteiger partial charge is 0.415 e. The first-order chi connectivity index (χ1) is 15.1. The number of rotatable bonds is 3. The third kappa shape index (κ3) is 2.33. The van der Waals surface area contributed by atoms with Crippen molar-refractivity contribution in [2.75, 3.05) is 7.11 Å². The van der Waals surface area contributed by atoms with E-state index in [2.05, 4.69) is 0 Å². The van der Waals surface area contributed by atoms with Crippen molar-refractivity contribution in [1.82, 2.24) is 0 Å². The number of ether oxygens (including phenoxy) is 3. The molecule has 2 aromatic carbocycles. The largest absolute Gasteiger partial charge is 0.425 e. The molecule has 168 valence electrons. The second-order valence-electron chi connectivity index (χ2n) is 8.74. The quantitative estimate of drug-likeness (QED) is 0.670. The number of carbonyl (C=O) groups excluding carboxylic acids is 2. The van der Waals surface area contributed by atoms with Crippen LogP contribution < -0.4 is 0 Å². The van der Waals surface area contributed by atoms with E-state index in [1.54, 1.807) is 48.5 Å². The molecule has 0 saturated carbocycles. The van der Waals surface area contributed by atoms with E-state index in [1.807, 2.05) is 6.92 Å². The van der Waals surface area contributed by atoms with Crippen molar-refractivity contribution in [3.05, 3.63) is 70.8 Å². The van der Waals surface area contributed by atoms with E-state index in [0.717, 1.165) is 7.11 Å². The van der Waals surface area contributed by atoms with Crippen molar-refractivity contribution in [3.63, 3.8) is 0 Å². The highest BCUT2D eigenvalue weighted by Gasteiger charge is 2.76. The second kappa shape index (κ2) is 6.57. The zero-order chi connectivity index (χ0) is 23.1. The number of cyclic esters (lactones) is 1. The summed E-state index contributed by atoms with van der Waals surface area (Å²) in [6, 6.07) is 13.6. The van der Waals surface area contributed by atoms with E-state index in [-0.39, 0.29) is 0 Å². The van der Waals surface area contributed by atoms with Crippen LogP contribution in [0, 0.1) is 11.8 Å². The number of methoxy groups -OCH3 is 1. The SMILES string of the molecule is CO[C@@H](C(F)(F)F)C12c3ccccc3C(C)(c3ccccc31)[C@@H]1[C@@H](OC(C)=O)OC(=O)[C@@H]12. The molecule has 32 heavy (non-hydrogen) atoms.